The number of aliphatic carboxylic acids is 1. The fraction of sp³-hybridized carbons (Fsp3) is 0.929. The summed E-state index contributed by atoms with van der Waals surface area (Å²) in [7, 11) is 5.98. The molecule has 0 aromatic heterocycles. The van der Waals surface area contributed by atoms with E-state index in [1.54, 1.807) is 0 Å². The number of allylic oxidation sites excluding steroid dienone is 2. The first-order chi connectivity index (χ1) is 38.6. The van der Waals surface area contributed by atoms with E-state index in [4.69, 9.17) is 18.9 Å². The molecule has 0 saturated heterocycles. The van der Waals surface area contributed by atoms with Crippen LogP contribution in [0.3, 0.4) is 0 Å². The zero-order valence-corrected chi connectivity index (χ0v) is 53.6. The normalized spacial score (nSPS) is 12.7. The molecule has 0 aromatic rings. The molecule has 9 heteroatoms. The first-order valence-electron chi connectivity index (χ1n) is 34.9. The van der Waals surface area contributed by atoms with Gasteiger partial charge in [-0.3, -0.25) is 9.59 Å². The number of carbonyl (C=O) groups is 3. The summed E-state index contributed by atoms with van der Waals surface area (Å²) >= 11 is 0. The standard InChI is InChI=1S/C70H135NO8/c1-6-8-10-12-14-16-18-20-21-22-23-24-25-26-27-28-29-30-31-32-33-34-35-36-37-38-39-40-41-42-43-44-45-46-47-49-50-52-54-56-58-60-67(72)77-64-66(65-78-70(69(74)75)76-63-62-71(3,4)5)79-68(73)61-59-57-55-53-51-48-19-17-15-13-11-9-7-2/h17,19,66,70H,6-16,18,20-65H2,1-5H3/p+1/b19-17-. The topological polar surface area (TPSA) is 108 Å². The van der Waals surface area contributed by atoms with E-state index in [0.717, 1.165) is 51.4 Å². The van der Waals surface area contributed by atoms with Crippen LogP contribution in [0.15, 0.2) is 12.2 Å². The minimum absolute atomic E-state index is 0.179. The molecule has 468 valence electrons. The summed E-state index contributed by atoms with van der Waals surface area (Å²) in [6.07, 6.45) is 72.3. The fourth-order valence-corrected chi connectivity index (χ4v) is 10.7. The van der Waals surface area contributed by atoms with E-state index in [-0.39, 0.29) is 32.2 Å². The van der Waals surface area contributed by atoms with Crippen molar-refractivity contribution in [2.45, 2.75) is 373 Å². The van der Waals surface area contributed by atoms with Gasteiger partial charge in [-0.1, -0.05) is 321 Å². The van der Waals surface area contributed by atoms with E-state index in [1.807, 2.05) is 21.1 Å². The van der Waals surface area contributed by atoms with Gasteiger partial charge in [-0.25, -0.2) is 4.79 Å². The Morgan fingerprint density at radius 2 is 0.646 bits per heavy atom. The van der Waals surface area contributed by atoms with Crippen molar-refractivity contribution in [2.75, 3.05) is 47.5 Å². The fourth-order valence-electron chi connectivity index (χ4n) is 10.7. The highest BCUT2D eigenvalue weighted by molar-refractivity contribution is 5.71. The largest absolute Gasteiger partial charge is 0.477 e. The molecule has 0 saturated carbocycles. The molecule has 0 aliphatic carbocycles. The van der Waals surface area contributed by atoms with Crippen LogP contribution in [0.2, 0.25) is 0 Å². The van der Waals surface area contributed by atoms with Gasteiger partial charge in [0.05, 0.1) is 34.4 Å². The molecule has 0 heterocycles. The monoisotopic (exact) mass is 1120 g/mol. The zero-order valence-electron chi connectivity index (χ0n) is 53.6. The van der Waals surface area contributed by atoms with Gasteiger partial charge in [0, 0.05) is 12.8 Å². The summed E-state index contributed by atoms with van der Waals surface area (Å²) < 4.78 is 22.9. The van der Waals surface area contributed by atoms with Crippen molar-refractivity contribution in [3.63, 3.8) is 0 Å². The molecule has 0 amide bonds. The van der Waals surface area contributed by atoms with Gasteiger partial charge in [0.2, 0.25) is 0 Å². The first kappa shape index (κ1) is 77.0. The summed E-state index contributed by atoms with van der Waals surface area (Å²) in [5, 5.41) is 9.70. The van der Waals surface area contributed by atoms with Crippen molar-refractivity contribution in [2.24, 2.45) is 0 Å². The number of carbonyl (C=O) groups excluding carboxylic acids is 2. The third kappa shape index (κ3) is 63.5. The van der Waals surface area contributed by atoms with Crippen molar-refractivity contribution in [1.29, 1.82) is 0 Å². The Hall–Kier alpha value is -1.97. The smallest absolute Gasteiger partial charge is 0.361 e. The number of likely N-dealkylation sites (N-methyl/N-ethyl adjacent to an activating group) is 1. The number of quaternary nitrogens is 1. The Morgan fingerprint density at radius 1 is 0.367 bits per heavy atom. The van der Waals surface area contributed by atoms with E-state index in [0.29, 0.717) is 23.9 Å². The second kappa shape index (κ2) is 62.1. The zero-order chi connectivity index (χ0) is 57.6. The molecule has 0 radical (unpaired) electrons. The predicted octanol–water partition coefficient (Wildman–Crippen LogP) is 21.3. The van der Waals surface area contributed by atoms with Gasteiger partial charge in [-0.2, -0.15) is 0 Å². The first-order valence-corrected chi connectivity index (χ1v) is 34.9. The van der Waals surface area contributed by atoms with E-state index in [1.165, 1.54) is 276 Å². The van der Waals surface area contributed by atoms with Crippen LogP contribution in [0.25, 0.3) is 0 Å². The van der Waals surface area contributed by atoms with Crippen LogP contribution in [0, 0.1) is 0 Å². The third-order valence-corrected chi connectivity index (χ3v) is 16.0. The Bertz CT molecular complexity index is 1300. The lowest BCUT2D eigenvalue weighted by Gasteiger charge is -2.25. The third-order valence-electron chi connectivity index (χ3n) is 16.0. The lowest BCUT2D eigenvalue weighted by molar-refractivity contribution is -0.870. The molecular weight excluding hydrogens is 983 g/mol. The van der Waals surface area contributed by atoms with Crippen molar-refractivity contribution < 1.29 is 42.9 Å². The number of rotatable bonds is 66. The van der Waals surface area contributed by atoms with Crippen LogP contribution in [-0.2, 0) is 33.3 Å². The lowest BCUT2D eigenvalue weighted by atomic mass is 10.0. The second-order valence-electron chi connectivity index (χ2n) is 25.2. The van der Waals surface area contributed by atoms with E-state index in [2.05, 4.69) is 26.0 Å². The number of carboxylic acid groups (broad SMARTS) is 1. The van der Waals surface area contributed by atoms with Crippen LogP contribution < -0.4 is 0 Å². The highest BCUT2D eigenvalue weighted by Crippen LogP contribution is 2.19. The Morgan fingerprint density at radius 3 is 0.949 bits per heavy atom. The molecule has 2 unspecified atom stereocenters. The molecule has 2 atom stereocenters. The summed E-state index contributed by atoms with van der Waals surface area (Å²) in [5.74, 6) is -1.99. The summed E-state index contributed by atoms with van der Waals surface area (Å²) in [4.78, 5) is 37.4. The van der Waals surface area contributed by atoms with Crippen LogP contribution in [0.1, 0.15) is 361 Å². The lowest BCUT2D eigenvalue weighted by Crippen LogP contribution is -2.40. The van der Waals surface area contributed by atoms with Gasteiger partial charge < -0.3 is 28.5 Å². The Balaban J connectivity index is 3.82. The Labute approximate surface area is 491 Å². The average Bonchev–Trinajstić information content (AvgIpc) is 3.42. The summed E-state index contributed by atoms with van der Waals surface area (Å²) in [5.41, 5.74) is 0. The molecule has 79 heavy (non-hydrogen) atoms. The SMILES string of the molecule is CCCCCC/C=C\CCCCCCCC(=O)OC(COC(=O)CCCCCCCCCCCCCCCCCCCCCCCCCCCCCCCCCCCCCCCCCCC)COC(OCC[N+](C)(C)C)C(=O)O. The molecule has 0 fully saturated rings. The van der Waals surface area contributed by atoms with Gasteiger partial charge in [0.25, 0.3) is 6.29 Å². The minimum atomic E-state index is -1.51. The van der Waals surface area contributed by atoms with Gasteiger partial charge in [0.1, 0.15) is 13.2 Å². The maximum absolute atomic E-state index is 12.8. The van der Waals surface area contributed by atoms with Crippen LogP contribution >= 0.6 is 0 Å². The molecule has 0 aromatic carbocycles. The maximum atomic E-state index is 12.8. The van der Waals surface area contributed by atoms with Gasteiger partial charge in [-0.15, -0.1) is 0 Å². The highest BCUT2D eigenvalue weighted by Gasteiger charge is 2.25. The van der Waals surface area contributed by atoms with E-state index >= 15 is 0 Å². The van der Waals surface area contributed by atoms with E-state index < -0.39 is 24.3 Å². The van der Waals surface area contributed by atoms with Gasteiger partial charge >= 0.3 is 17.9 Å². The van der Waals surface area contributed by atoms with Crippen molar-refractivity contribution in [3.05, 3.63) is 12.2 Å². The number of esters is 2. The van der Waals surface area contributed by atoms with Crippen molar-refractivity contribution in [1.82, 2.24) is 0 Å². The number of hydrogen-bond acceptors (Lipinski definition) is 7. The van der Waals surface area contributed by atoms with E-state index in [9.17, 15) is 19.5 Å². The van der Waals surface area contributed by atoms with Gasteiger partial charge in [-0.05, 0) is 38.5 Å². The van der Waals surface area contributed by atoms with Crippen LogP contribution in [0.5, 0.6) is 0 Å². The molecule has 0 rings (SSSR count). The van der Waals surface area contributed by atoms with Crippen molar-refractivity contribution in [3.8, 4) is 0 Å². The molecule has 9 nitrogen and oxygen atoms in total. The summed E-state index contributed by atoms with van der Waals surface area (Å²) in [6, 6.07) is 0. The summed E-state index contributed by atoms with van der Waals surface area (Å²) in [6.45, 7) is 4.91. The minimum Gasteiger partial charge on any atom is -0.477 e. The molecular formula is C70H136NO8+. The molecule has 1 N–H and O–H groups in total. The average molecular weight is 1120 g/mol. The number of unbranched alkanes of at least 4 members (excludes halogenated alkanes) is 49. The molecule has 0 bridgehead atoms. The number of carboxylic acids is 1. The van der Waals surface area contributed by atoms with Crippen LogP contribution in [0.4, 0.5) is 0 Å². The molecule has 0 spiro atoms. The molecule has 0 aliphatic heterocycles. The van der Waals surface area contributed by atoms with Crippen molar-refractivity contribution >= 4 is 17.9 Å². The number of hydrogen-bond donors (Lipinski definition) is 1. The quantitative estimate of drug-likeness (QED) is 0.0211. The highest BCUT2D eigenvalue weighted by atomic mass is 16.7. The maximum Gasteiger partial charge on any atom is 0.361 e. The Kier molecular flexibility index (Phi) is 60.5. The number of nitrogens with zero attached hydrogens (tertiary/aromatic N) is 1. The predicted molar refractivity (Wildman–Crippen MR) is 337 cm³/mol. The van der Waals surface area contributed by atoms with Gasteiger partial charge in [0.15, 0.2) is 6.10 Å². The molecule has 0 aliphatic rings. The van der Waals surface area contributed by atoms with Crippen LogP contribution in [-0.4, -0.2) is 87.4 Å². The number of ether oxygens (including phenoxy) is 4. The second-order valence-corrected chi connectivity index (χ2v) is 25.2.